The van der Waals surface area contributed by atoms with Crippen LogP contribution >= 0.6 is 11.8 Å². The van der Waals surface area contributed by atoms with Crippen LogP contribution in [0.25, 0.3) is 0 Å². The third-order valence-corrected chi connectivity index (χ3v) is 4.38. The molecule has 0 bridgehead atoms. The van der Waals surface area contributed by atoms with Gasteiger partial charge in [-0.3, -0.25) is 4.99 Å². The number of benzene rings is 2. The molecular weight excluding hydrogens is 323 g/mol. The van der Waals surface area contributed by atoms with Crippen LogP contribution < -0.4 is 4.74 Å². The van der Waals surface area contributed by atoms with E-state index in [1.165, 1.54) is 6.21 Å². The van der Waals surface area contributed by atoms with E-state index in [4.69, 9.17) is 4.74 Å². The van der Waals surface area contributed by atoms with Gasteiger partial charge in [-0.1, -0.05) is 11.8 Å². The fourth-order valence-electron chi connectivity index (χ4n) is 2.09. The van der Waals surface area contributed by atoms with Crippen molar-refractivity contribution in [2.75, 3.05) is 7.11 Å². The highest BCUT2D eigenvalue weighted by Gasteiger charge is 2.35. The second-order valence-corrected chi connectivity index (χ2v) is 5.89. The quantitative estimate of drug-likeness (QED) is 0.647. The van der Waals surface area contributed by atoms with Gasteiger partial charge in [-0.15, -0.1) is 0 Å². The summed E-state index contributed by atoms with van der Waals surface area (Å²) in [6.45, 7) is 3.33. The van der Waals surface area contributed by atoms with E-state index >= 15 is 0 Å². The first-order chi connectivity index (χ1) is 10.8. The van der Waals surface area contributed by atoms with Gasteiger partial charge in [0, 0.05) is 16.0 Å². The van der Waals surface area contributed by atoms with E-state index in [0.717, 1.165) is 17.8 Å². The molecule has 0 spiro atoms. The zero-order valence-corrected chi connectivity index (χ0v) is 13.8. The van der Waals surface area contributed by atoms with E-state index in [0.29, 0.717) is 21.9 Å². The predicted octanol–water partition coefficient (Wildman–Crippen LogP) is 5.90. The van der Waals surface area contributed by atoms with Crippen molar-refractivity contribution < 1.29 is 17.9 Å². The van der Waals surface area contributed by atoms with E-state index < -0.39 is 11.7 Å². The molecule has 0 unspecified atom stereocenters. The summed E-state index contributed by atoms with van der Waals surface area (Å²) in [5.41, 5.74) is 0.177. The van der Waals surface area contributed by atoms with Crippen molar-refractivity contribution in [2.24, 2.45) is 4.99 Å². The Bertz CT molecular complexity index is 709. The molecule has 0 heterocycles. The molecule has 23 heavy (non-hydrogen) atoms. The Kier molecular flexibility index (Phi) is 5.36. The molecule has 2 aromatic carbocycles. The molecule has 0 N–H and O–H groups in total. The van der Waals surface area contributed by atoms with Gasteiger partial charge in [-0.05, 0) is 55.8 Å². The molecule has 122 valence electrons. The predicted molar refractivity (Wildman–Crippen MR) is 87.1 cm³/mol. The Labute approximate surface area is 137 Å². The molecule has 0 radical (unpaired) electrons. The number of nitrogens with zero attached hydrogens (tertiary/aromatic N) is 1. The van der Waals surface area contributed by atoms with Gasteiger partial charge in [0.25, 0.3) is 0 Å². The maximum atomic E-state index is 13.4. The summed E-state index contributed by atoms with van der Waals surface area (Å²) >= 11 is 1.09. The van der Waals surface area contributed by atoms with Gasteiger partial charge < -0.3 is 4.74 Å². The van der Waals surface area contributed by atoms with Crippen LogP contribution in [0.2, 0.25) is 0 Å². The van der Waals surface area contributed by atoms with Crippen molar-refractivity contribution in [1.29, 1.82) is 0 Å². The SMILES string of the molecule is CC=Nc1cc(C)c(Sc2ccc(OC)cc2)c(C(F)(F)F)c1. The van der Waals surface area contributed by atoms with E-state index in [2.05, 4.69) is 4.99 Å². The highest BCUT2D eigenvalue weighted by Crippen LogP contribution is 2.43. The second kappa shape index (κ2) is 7.08. The third-order valence-electron chi connectivity index (χ3n) is 3.12. The van der Waals surface area contributed by atoms with Crippen LogP contribution in [0, 0.1) is 6.92 Å². The van der Waals surface area contributed by atoms with Gasteiger partial charge in [0.1, 0.15) is 5.75 Å². The van der Waals surface area contributed by atoms with Crippen molar-refractivity contribution in [3.63, 3.8) is 0 Å². The molecule has 2 aromatic rings. The minimum absolute atomic E-state index is 0.192. The highest BCUT2D eigenvalue weighted by molar-refractivity contribution is 7.99. The molecule has 2 rings (SSSR count). The second-order valence-electron chi connectivity index (χ2n) is 4.80. The lowest BCUT2D eigenvalue weighted by molar-refractivity contribution is -0.139. The summed E-state index contributed by atoms with van der Waals surface area (Å²) in [5, 5.41) is 0. The Morgan fingerprint density at radius 1 is 1.13 bits per heavy atom. The first-order valence-electron chi connectivity index (χ1n) is 6.87. The zero-order valence-electron chi connectivity index (χ0n) is 12.9. The molecule has 0 atom stereocenters. The average molecular weight is 339 g/mol. The minimum Gasteiger partial charge on any atom is -0.497 e. The van der Waals surface area contributed by atoms with Crippen molar-refractivity contribution in [3.8, 4) is 5.75 Å². The van der Waals surface area contributed by atoms with Gasteiger partial charge >= 0.3 is 6.18 Å². The first-order valence-corrected chi connectivity index (χ1v) is 7.69. The van der Waals surface area contributed by atoms with Crippen LogP contribution in [0.4, 0.5) is 18.9 Å². The van der Waals surface area contributed by atoms with Gasteiger partial charge in [0.15, 0.2) is 0 Å². The molecule has 0 aliphatic heterocycles. The zero-order chi connectivity index (χ0) is 17.0. The number of aliphatic imine (C=N–C) groups is 1. The Balaban J connectivity index is 2.47. The number of hydrogen-bond donors (Lipinski definition) is 0. The number of alkyl halides is 3. The van der Waals surface area contributed by atoms with Crippen LogP contribution in [0.5, 0.6) is 5.75 Å². The lowest BCUT2D eigenvalue weighted by Crippen LogP contribution is -2.07. The molecule has 0 fully saturated rings. The lowest BCUT2D eigenvalue weighted by Gasteiger charge is -2.16. The van der Waals surface area contributed by atoms with Crippen LogP contribution in [-0.2, 0) is 6.18 Å². The number of ether oxygens (including phenoxy) is 1. The molecule has 2 nitrogen and oxygen atoms in total. The average Bonchev–Trinajstić information content (AvgIpc) is 2.49. The monoisotopic (exact) mass is 339 g/mol. The summed E-state index contributed by atoms with van der Waals surface area (Å²) in [4.78, 5) is 4.87. The van der Waals surface area contributed by atoms with E-state index in [1.54, 1.807) is 51.3 Å². The van der Waals surface area contributed by atoms with Crippen molar-refractivity contribution in [2.45, 2.75) is 29.8 Å². The summed E-state index contributed by atoms with van der Waals surface area (Å²) < 4.78 is 45.2. The normalized spacial score (nSPS) is 11.9. The molecule has 6 heteroatoms. The maximum Gasteiger partial charge on any atom is 0.417 e. The largest absolute Gasteiger partial charge is 0.497 e. The van der Waals surface area contributed by atoms with E-state index in [-0.39, 0.29) is 4.90 Å². The first kappa shape index (κ1) is 17.4. The fourth-order valence-corrected chi connectivity index (χ4v) is 3.10. The lowest BCUT2D eigenvalue weighted by atomic mass is 10.1. The Morgan fingerprint density at radius 2 is 1.78 bits per heavy atom. The summed E-state index contributed by atoms with van der Waals surface area (Å²) in [5.74, 6) is 0.662. The molecule has 0 aliphatic rings. The van der Waals surface area contributed by atoms with Crippen LogP contribution in [0.15, 0.2) is 51.2 Å². The third kappa shape index (κ3) is 4.28. The van der Waals surface area contributed by atoms with Crippen LogP contribution in [0.1, 0.15) is 18.1 Å². The van der Waals surface area contributed by atoms with Crippen LogP contribution in [0.3, 0.4) is 0 Å². The Hall–Kier alpha value is -1.95. The number of rotatable bonds is 4. The summed E-state index contributed by atoms with van der Waals surface area (Å²) in [6, 6.07) is 9.66. The molecular formula is C17H16F3NOS. The number of aryl methyl sites for hydroxylation is 1. The molecule has 0 aromatic heterocycles. The molecule has 0 amide bonds. The number of hydrogen-bond acceptors (Lipinski definition) is 3. The van der Waals surface area contributed by atoms with Crippen molar-refractivity contribution in [1.82, 2.24) is 0 Å². The fraction of sp³-hybridized carbons (Fsp3) is 0.235. The van der Waals surface area contributed by atoms with Crippen molar-refractivity contribution in [3.05, 3.63) is 47.5 Å². The van der Waals surface area contributed by atoms with Gasteiger partial charge in [-0.2, -0.15) is 13.2 Å². The smallest absolute Gasteiger partial charge is 0.417 e. The van der Waals surface area contributed by atoms with Crippen LogP contribution in [-0.4, -0.2) is 13.3 Å². The molecule has 0 aliphatic carbocycles. The van der Waals surface area contributed by atoms with Gasteiger partial charge in [-0.25, -0.2) is 0 Å². The standard InChI is InChI=1S/C17H16F3NOS/c1-4-21-12-9-11(2)16(15(10-12)17(18,19)20)23-14-7-5-13(22-3)6-8-14/h4-10H,1-3H3. The maximum absolute atomic E-state index is 13.4. The molecule has 0 saturated carbocycles. The number of methoxy groups -OCH3 is 1. The van der Waals surface area contributed by atoms with E-state index in [1.807, 2.05) is 0 Å². The molecule has 0 saturated heterocycles. The van der Waals surface area contributed by atoms with E-state index in [9.17, 15) is 13.2 Å². The number of halogens is 3. The van der Waals surface area contributed by atoms with Gasteiger partial charge in [0.05, 0.1) is 18.4 Å². The topological polar surface area (TPSA) is 21.6 Å². The van der Waals surface area contributed by atoms with Crippen molar-refractivity contribution >= 4 is 23.7 Å². The highest BCUT2D eigenvalue weighted by atomic mass is 32.2. The summed E-state index contributed by atoms with van der Waals surface area (Å²) in [6.07, 6.45) is -2.95. The summed E-state index contributed by atoms with van der Waals surface area (Å²) in [7, 11) is 1.54. The minimum atomic E-state index is -4.43. The van der Waals surface area contributed by atoms with Gasteiger partial charge in [0.2, 0.25) is 0 Å². The Morgan fingerprint density at radius 3 is 2.30 bits per heavy atom.